The molecule has 1 N–H and O–H groups in total. The van der Waals surface area contributed by atoms with E-state index >= 15 is 0 Å². The number of esters is 1. The minimum absolute atomic E-state index is 0.188. The summed E-state index contributed by atoms with van der Waals surface area (Å²) in [5, 5.41) is 5.20. The number of ketones is 1. The van der Waals surface area contributed by atoms with E-state index < -0.39 is 12.1 Å². The third-order valence-corrected chi connectivity index (χ3v) is 4.21. The van der Waals surface area contributed by atoms with Crippen LogP contribution in [0, 0.1) is 0 Å². The number of thiazole rings is 1. The SMILES string of the molecule is C=CCNc1nc(C(=O)OC(C)C(=O)c2ccc(CC)cc2)cs1. The normalized spacial score (nSPS) is 11.6. The molecule has 0 spiro atoms. The Hall–Kier alpha value is -2.47. The van der Waals surface area contributed by atoms with E-state index in [4.69, 9.17) is 4.74 Å². The molecule has 5 nitrogen and oxygen atoms in total. The van der Waals surface area contributed by atoms with Gasteiger partial charge in [-0.15, -0.1) is 17.9 Å². The van der Waals surface area contributed by atoms with Crippen LogP contribution in [0.15, 0.2) is 42.3 Å². The van der Waals surface area contributed by atoms with Crippen molar-refractivity contribution in [2.24, 2.45) is 0 Å². The van der Waals surface area contributed by atoms with Crippen LogP contribution in [0.4, 0.5) is 5.13 Å². The lowest BCUT2D eigenvalue weighted by Gasteiger charge is -2.11. The Morgan fingerprint density at radius 1 is 1.38 bits per heavy atom. The van der Waals surface area contributed by atoms with Crippen LogP contribution in [-0.2, 0) is 11.2 Å². The number of aryl methyl sites for hydroxylation is 1. The molecule has 1 atom stereocenters. The molecule has 0 radical (unpaired) electrons. The van der Waals surface area contributed by atoms with E-state index in [1.807, 2.05) is 19.1 Å². The molecule has 0 fully saturated rings. The topological polar surface area (TPSA) is 68.3 Å². The molecule has 1 aromatic heterocycles. The van der Waals surface area contributed by atoms with Crippen LogP contribution in [-0.4, -0.2) is 29.4 Å². The van der Waals surface area contributed by atoms with Gasteiger partial charge < -0.3 is 10.1 Å². The molecule has 0 aliphatic carbocycles. The second kappa shape index (κ2) is 8.40. The maximum Gasteiger partial charge on any atom is 0.358 e. The molecule has 1 heterocycles. The molecule has 0 amide bonds. The third kappa shape index (κ3) is 4.52. The van der Waals surface area contributed by atoms with Crippen molar-refractivity contribution in [3.63, 3.8) is 0 Å². The fraction of sp³-hybridized carbons (Fsp3) is 0.278. The zero-order valence-corrected chi connectivity index (χ0v) is 14.6. The van der Waals surface area contributed by atoms with Crippen molar-refractivity contribution < 1.29 is 14.3 Å². The summed E-state index contributed by atoms with van der Waals surface area (Å²) >= 11 is 1.30. The van der Waals surface area contributed by atoms with Gasteiger partial charge in [0.05, 0.1) is 0 Å². The molecule has 24 heavy (non-hydrogen) atoms. The van der Waals surface area contributed by atoms with Gasteiger partial charge >= 0.3 is 5.97 Å². The Bertz CT molecular complexity index is 722. The zero-order chi connectivity index (χ0) is 17.5. The van der Waals surface area contributed by atoms with Crippen molar-refractivity contribution >= 4 is 28.2 Å². The molecule has 0 bridgehead atoms. The van der Waals surface area contributed by atoms with Crippen molar-refractivity contribution in [1.82, 2.24) is 4.98 Å². The van der Waals surface area contributed by atoms with Gasteiger partial charge in [0.2, 0.25) is 5.78 Å². The number of nitrogens with one attached hydrogen (secondary N) is 1. The van der Waals surface area contributed by atoms with Gasteiger partial charge in [-0.25, -0.2) is 9.78 Å². The maximum absolute atomic E-state index is 12.3. The summed E-state index contributed by atoms with van der Waals surface area (Å²) in [6.45, 7) is 7.78. The van der Waals surface area contributed by atoms with E-state index in [-0.39, 0.29) is 11.5 Å². The lowest BCUT2D eigenvalue weighted by Crippen LogP contribution is -2.24. The van der Waals surface area contributed by atoms with Crippen LogP contribution in [0.25, 0.3) is 0 Å². The number of aromatic nitrogens is 1. The summed E-state index contributed by atoms with van der Waals surface area (Å²) < 4.78 is 5.23. The lowest BCUT2D eigenvalue weighted by molar-refractivity contribution is 0.0314. The molecule has 2 rings (SSSR count). The minimum atomic E-state index is -0.865. The quantitative estimate of drug-likeness (QED) is 0.449. The molecule has 6 heteroatoms. The largest absolute Gasteiger partial charge is 0.450 e. The van der Waals surface area contributed by atoms with Crippen molar-refractivity contribution in [3.05, 3.63) is 59.1 Å². The fourth-order valence-electron chi connectivity index (χ4n) is 2.02. The summed E-state index contributed by atoms with van der Waals surface area (Å²) in [7, 11) is 0. The van der Waals surface area contributed by atoms with E-state index in [1.54, 1.807) is 30.5 Å². The molecular weight excluding hydrogens is 324 g/mol. The Kier molecular flexibility index (Phi) is 6.26. The van der Waals surface area contributed by atoms with E-state index in [9.17, 15) is 9.59 Å². The maximum atomic E-state index is 12.3. The Morgan fingerprint density at radius 3 is 2.71 bits per heavy atom. The van der Waals surface area contributed by atoms with E-state index in [0.717, 1.165) is 12.0 Å². The van der Waals surface area contributed by atoms with Gasteiger partial charge in [0.1, 0.15) is 0 Å². The first kappa shape index (κ1) is 17.9. The number of hydrogen-bond acceptors (Lipinski definition) is 6. The van der Waals surface area contributed by atoms with E-state index in [2.05, 4.69) is 16.9 Å². The number of ether oxygens (including phenoxy) is 1. The summed E-state index contributed by atoms with van der Waals surface area (Å²) in [5.74, 6) is -0.838. The van der Waals surface area contributed by atoms with Gasteiger partial charge in [0, 0.05) is 17.5 Å². The molecular formula is C18H20N2O3S. The second-order valence-electron chi connectivity index (χ2n) is 5.17. The average Bonchev–Trinajstić information content (AvgIpc) is 3.08. The zero-order valence-electron chi connectivity index (χ0n) is 13.7. The highest BCUT2D eigenvalue weighted by Crippen LogP contribution is 2.17. The Morgan fingerprint density at radius 2 is 2.08 bits per heavy atom. The number of hydrogen-bond donors (Lipinski definition) is 1. The number of carbonyl (C=O) groups excluding carboxylic acids is 2. The van der Waals surface area contributed by atoms with Crippen molar-refractivity contribution in [2.75, 3.05) is 11.9 Å². The highest BCUT2D eigenvalue weighted by molar-refractivity contribution is 7.13. The van der Waals surface area contributed by atoms with Gasteiger partial charge in [0.25, 0.3) is 0 Å². The van der Waals surface area contributed by atoms with Gasteiger partial charge in [0.15, 0.2) is 16.9 Å². The number of Topliss-reactive ketones (excluding diaryl/α,β-unsaturated/α-hetero) is 1. The summed E-state index contributed by atoms with van der Waals surface area (Å²) in [5.41, 5.74) is 1.87. The highest BCUT2D eigenvalue weighted by Gasteiger charge is 2.22. The molecule has 2 aromatic rings. The van der Waals surface area contributed by atoms with Gasteiger partial charge in [-0.3, -0.25) is 4.79 Å². The number of carbonyl (C=O) groups is 2. The average molecular weight is 344 g/mol. The lowest BCUT2D eigenvalue weighted by atomic mass is 10.0. The molecule has 1 aromatic carbocycles. The first-order valence-electron chi connectivity index (χ1n) is 7.69. The fourth-order valence-corrected chi connectivity index (χ4v) is 2.71. The summed E-state index contributed by atoms with van der Waals surface area (Å²) in [6.07, 6.45) is 1.74. The van der Waals surface area contributed by atoms with Crippen LogP contribution in [0.3, 0.4) is 0 Å². The van der Waals surface area contributed by atoms with Crippen molar-refractivity contribution in [2.45, 2.75) is 26.4 Å². The van der Waals surface area contributed by atoms with E-state index in [0.29, 0.717) is 17.2 Å². The van der Waals surface area contributed by atoms with Crippen LogP contribution in [0.2, 0.25) is 0 Å². The predicted molar refractivity (Wildman–Crippen MR) is 95.8 cm³/mol. The van der Waals surface area contributed by atoms with E-state index in [1.165, 1.54) is 11.3 Å². The molecule has 0 saturated carbocycles. The van der Waals surface area contributed by atoms with Crippen LogP contribution < -0.4 is 5.32 Å². The van der Waals surface area contributed by atoms with Gasteiger partial charge in [-0.05, 0) is 18.9 Å². The van der Waals surface area contributed by atoms with Gasteiger partial charge in [-0.2, -0.15) is 0 Å². The number of anilines is 1. The predicted octanol–water partition coefficient (Wildman–Crippen LogP) is 3.73. The number of benzene rings is 1. The van der Waals surface area contributed by atoms with Crippen LogP contribution in [0.1, 0.15) is 40.3 Å². The Labute approximate surface area is 145 Å². The number of rotatable bonds is 8. The second-order valence-corrected chi connectivity index (χ2v) is 6.03. The van der Waals surface area contributed by atoms with Crippen molar-refractivity contribution in [1.29, 1.82) is 0 Å². The first-order valence-corrected chi connectivity index (χ1v) is 8.57. The molecule has 1 unspecified atom stereocenters. The minimum Gasteiger partial charge on any atom is -0.450 e. The number of nitrogens with zero attached hydrogens (tertiary/aromatic N) is 1. The smallest absolute Gasteiger partial charge is 0.358 e. The highest BCUT2D eigenvalue weighted by atomic mass is 32.1. The van der Waals surface area contributed by atoms with Gasteiger partial charge in [-0.1, -0.05) is 37.3 Å². The van der Waals surface area contributed by atoms with Crippen LogP contribution in [0.5, 0.6) is 0 Å². The Balaban J connectivity index is 1.98. The van der Waals surface area contributed by atoms with Crippen LogP contribution >= 0.6 is 11.3 Å². The molecule has 0 saturated heterocycles. The summed E-state index contributed by atoms with van der Waals surface area (Å²) in [6, 6.07) is 7.32. The molecule has 0 aliphatic rings. The monoisotopic (exact) mass is 344 g/mol. The first-order chi connectivity index (χ1) is 11.5. The summed E-state index contributed by atoms with van der Waals surface area (Å²) in [4.78, 5) is 28.6. The molecule has 0 aliphatic heterocycles. The molecule has 126 valence electrons. The van der Waals surface area contributed by atoms with Crippen molar-refractivity contribution in [3.8, 4) is 0 Å². The standard InChI is InChI=1S/C18H20N2O3S/c1-4-10-19-18-20-15(11-24-18)17(22)23-12(3)16(21)14-8-6-13(5-2)7-9-14/h4,6-9,11-12H,1,5,10H2,2-3H3,(H,19,20). The third-order valence-electron chi connectivity index (χ3n) is 3.41.